The number of furan rings is 2. The minimum Gasteiger partial charge on any atom is -0.455 e. The lowest BCUT2D eigenvalue weighted by atomic mass is 9.95. The predicted molar refractivity (Wildman–Crippen MR) is 161 cm³/mol. The first-order valence-corrected chi connectivity index (χ1v) is 14.9. The maximum Gasteiger partial charge on any atom is 0.255 e. The number of nitrogens with zero attached hydrogens (tertiary/aromatic N) is 3. The van der Waals surface area contributed by atoms with Crippen LogP contribution in [0, 0.1) is 17.1 Å². The van der Waals surface area contributed by atoms with Crippen LogP contribution in [-0.4, -0.2) is 39.7 Å². The molecule has 0 radical (unpaired) electrons. The molecule has 0 unspecified atom stereocenters. The van der Waals surface area contributed by atoms with Crippen molar-refractivity contribution in [2.45, 2.75) is 0 Å². The third kappa shape index (κ3) is 4.87. The fourth-order valence-electron chi connectivity index (χ4n) is 4.97. The van der Waals surface area contributed by atoms with Crippen LogP contribution < -0.4 is 9.62 Å². The van der Waals surface area contributed by atoms with Gasteiger partial charge in [0.2, 0.25) is 10.0 Å². The number of rotatable bonds is 6. The van der Waals surface area contributed by atoms with E-state index in [9.17, 15) is 22.9 Å². The van der Waals surface area contributed by atoms with Gasteiger partial charge >= 0.3 is 0 Å². The Hall–Kier alpha value is -5.47. The molecule has 3 heterocycles. The van der Waals surface area contributed by atoms with Crippen LogP contribution in [0.15, 0.2) is 87.8 Å². The number of amides is 1. The lowest BCUT2D eigenvalue weighted by Crippen LogP contribution is -2.25. The van der Waals surface area contributed by atoms with E-state index in [4.69, 9.17) is 8.83 Å². The molecule has 11 heteroatoms. The first-order chi connectivity index (χ1) is 20.6. The van der Waals surface area contributed by atoms with Gasteiger partial charge < -0.3 is 14.2 Å². The third-order valence-electron chi connectivity index (χ3n) is 7.21. The number of nitrogens with one attached hydrogen (secondary N) is 1. The molecule has 1 N–H and O–H groups in total. The Bertz CT molecular complexity index is 2180. The molecule has 6 rings (SSSR count). The highest BCUT2D eigenvalue weighted by Gasteiger charge is 2.26. The number of sulfonamides is 1. The normalized spacial score (nSPS) is 11.5. The van der Waals surface area contributed by atoms with E-state index in [-0.39, 0.29) is 22.6 Å². The van der Waals surface area contributed by atoms with Crippen molar-refractivity contribution in [3.05, 3.63) is 95.9 Å². The highest BCUT2D eigenvalue weighted by Crippen LogP contribution is 2.42. The smallest absolute Gasteiger partial charge is 0.255 e. The number of nitriles is 1. The van der Waals surface area contributed by atoms with Crippen molar-refractivity contribution in [3.8, 4) is 39.8 Å². The maximum absolute atomic E-state index is 13.7. The topological polar surface area (TPSA) is 129 Å². The van der Waals surface area contributed by atoms with Crippen molar-refractivity contribution in [2.24, 2.45) is 0 Å². The number of anilines is 1. The quantitative estimate of drug-likeness (QED) is 0.238. The van der Waals surface area contributed by atoms with Crippen molar-refractivity contribution in [3.63, 3.8) is 0 Å². The number of benzene rings is 3. The molecule has 3 aromatic carbocycles. The van der Waals surface area contributed by atoms with Crippen molar-refractivity contribution in [1.82, 2.24) is 10.3 Å². The first kappa shape index (κ1) is 27.7. The Labute approximate surface area is 245 Å². The van der Waals surface area contributed by atoms with Crippen molar-refractivity contribution in [2.75, 3.05) is 24.7 Å². The summed E-state index contributed by atoms with van der Waals surface area (Å²) in [6.07, 6.45) is 2.72. The summed E-state index contributed by atoms with van der Waals surface area (Å²) in [6.45, 7) is 0. The molecule has 0 saturated heterocycles. The average Bonchev–Trinajstić information content (AvgIpc) is 3.61. The second kappa shape index (κ2) is 10.4. The van der Waals surface area contributed by atoms with Crippen LogP contribution in [0.1, 0.15) is 15.9 Å². The predicted octanol–water partition coefficient (Wildman–Crippen LogP) is 6.34. The van der Waals surface area contributed by atoms with Gasteiger partial charge in [-0.15, -0.1) is 0 Å². The number of fused-ring (bicyclic) bond motifs is 2. The lowest BCUT2D eigenvalue weighted by molar-refractivity contribution is 0.0964. The third-order valence-corrected chi connectivity index (χ3v) is 8.40. The van der Waals surface area contributed by atoms with Crippen molar-refractivity contribution in [1.29, 1.82) is 5.26 Å². The molecule has 3 aromatic heterocycles. The second-order valence-corrected chi connectivity index (χ2v) is 11.9. The Kier molecular flexibility index (Phi) is 6.71. The van der Waals surface area contributed by atoms with Gasteiger partial charge in [-0.3, -0.25) is 14.1 Å². The van der Waals surface area contributed by atoms with E-state index in [2.05, 4.69) is 16.4 Å². The van der Waals surface area contributed by atoms with E-state index in [1.165, 1.54) is 38.4 Å². The van der Waals surface area contributed by atoms with Crippen LogP contribution in [0.3, 0.4) is 0 Å². The van der Waals surface area contributed by atoms with E-state index < -0.39 is 21.7 Å². The van der Waals surface area contributed by atoms with E-state index in [0.717, 1.165) is 10.6 Å². The summed E-state index contributed by atoms with van der Waals surface area (Å²) >= 11 is 0. The molecule has 214 valence electrons. The summed E-state index contributed by atoms with van der Waals surface area (Å²) in [5, 5.41) is 12.9. The number of halogens is 1. The zero-order chi connectivity index (χ0) is 30.5. The molecule has 0 aliphatic carbocycles. The van der Waals surface area contributed by atoms with E-state index >= 15 is 0 Å². The Morgan fingerprint density at radius 2 is 1.72 bits per heavy atom. The maximum atomic E-state index is 13.7. The number of carbonyl (C=O) groups is 1. The fourth-order valence-corrected chi connectivity index (χ4v) is 5.48. The number of carbonyl (C=O) groups excluding carboxylic acids is 1. The van der Waals surface area contributed by atoms with E-state index in [0.29, 0.717) is 50.1 Å². The summed E-state index contributed by atoms with van der Waals surface area (Å²) < 4.78 is 52.4. The zero-order valence-corrected chi connectivity index (χ0v) is 24.0. The van der Waals surface area contributed by atoms with E-state index in [1.54, 1.807) is 54.7 Å². The second-order valence-electron chi connectivity index (χ2n) is 9.86. The molecule has 0 bridgehead atoms. The van der Waals surface area contributed by atoms with Crippen LogP contribution >= 0.6 is 0 Å². The monoisotopic (exact) mass is 594 g/mol. The van der Waals surface area contributed by atoms with Gasteiger partial charge in [0.25, 0.3) is 5.91 Å². The SMILES string of the molecule is CNC(=O)c1c(-c2ccc(F)cc2)oc2cc(N(C)S(C)(=O)=O)c(-c3ccc(C#N)c(-c4cc5ncccc5o4)c3)cc12. The van der Waals surface area contributed by atoms with Crippen LogP contribution in [-0.2, 0) is 10.0 Å². The van der Waals surface area contributed by atoms with Gasteiger partial charge in [-0.1, -0.05) is 6.07 Å². The Morgan fingerprint density at radius 1 is 0.977 bits per heavy atom. The number of hydrogen-bond donors (Lipinski definition) is 1. The molecule has 1 amide bonds. The molecule has 0 aliphatic rings. The zero-order valence-electron chi connectivity index (χ0n) is 23.2. The van der Waals surface area contributed by atoms with Crippen LogP contribution in [0.4, 0.5) is 10.1 Å². The molecule has 9 nitrogen and oxygen atoms in total. The van der Waals surface area contributed by atoms with Gasteiger partial charge in [0.1, 0.15) is 28.4 Å². The van der Waals surface area contributed by atoms with Gasteiger partial charge in [0, 0.05) is 54.5 Å². The summed E-state index contributed by atoms with van der Waals surface area (Å²) in [5.74, 6) is -0.269. The molecule has 0 atom stereocenters. The summed E-state index contributed by atoms with van der Waals surface area (Å²) in [7, 11) is -0.838. The molecule has 0 fully saturated rings. The van der Waals surface area contributed by atoms with Crippen LogP contribution in [0.25, 0.3) is 55.8 Å². The van der Waals surface area contributed by atoms with Gasteiger partial charge in [-0.05, 0) is 60.2 Å². The highest BCUT2D eigenvalue weighted by molar-refractivity contribution is 7.92. The minimum absolute atomic E-state index is 0.203. The van der Waals surface area contributed by atoms with Crippen molar-refractivity contribution >= 4 is 43.7 Å². The molecule has 43 heavy (non-hydrogen) atoms. The van der Waals surface area contributed by atoms with Crippen LogP contribution in [0.5, 0.6) is 0 Å². The Balaban J connectivity index is 1.64. The number of hydrogen-bond acceptors (Lipinski definition) is 7. The largest absolute Gasteiger partial charge is 0.455 e. The minimum atomic E-state index is -3.74. The summed E-state index contributed by atoms with van der Waals surface area (Å²) in [4.78, 5) is 17.5. The molecule has 0 aliphatic heterocycles. The fraction of sp³-hybridized carbons (Fsp3) is 0.0938. The van der Waals surface area contributed by atoms with Gasteiger partial charge in [0.05, 0.1) is 29.1 Å². The highest BCUT2D eigenvalue weighted by atomic mass is 32.2. The van der Waals surface area contributed by atoms with Gasteiger partial charge in [-0.25, -0.2) is 12.8 Å². The van der Waals surface area contributed by atoms with E-state index in [1.807, 2.05) is 0 Å². The van der Waals surface area contributed by atoms with Gasteiger partial charge in [0.15, 0.2) is 5.58 Å². The van der Waals surface area contributed by atoms with Crippen LogP contribution in [0.2, 0.25) is 0 Å². The van der Waals surface area contributed by atoms with Crippen molar-refractivity contribution < 1.29 is 26.4 Å². The standard InChI is InChI=1S/C32H23FN4O5S/c1-35-32(38)30-24-14-22(19-6-7-20(17-34)23(13-19)28-15-25-27(41-28)5-4-12-36-25)26(37(2)43(3,39)40)16-29(24)42-31(30)18-8-10-21(33)11-9-18/h4-16H,1-3H3,(H,35,38). The van der Waals surface area contributed by atoms with Gasteiger partial charge in [-0.2, -0.15) is 5.26 Å². The molecular formula is C32H23FN4O5S. The number of pyridine rings is 1. The molecule has 0 saturated carbocycles. The lowest BCUT2D eigenvalue weighted by Gasteiger charge is -2.21. The molecular weight excluding hydrogens is 571 g/mol. The first-order valence-electron chi connectivity index (χ1n) is 13.0. The molecule has 0 spiro atoms. The number of aromatic nitrogens is 1. The Morgan fingerprint density at radius 3 is 2.40 bits per heavy atom. The molecule has 6 aromatic rings. The summed E-state index contributed by atoms with van der Waals surface area (Å²) in [6, 6.07) is 21.2. The average molecular weight is 595 g/mol. The summed E-state index contributed by atoms with van der Waals surface area (Å²) in [5.41, 5.74) is 4.21.